The Balaban J connectivity index is 1.30. The number of anilines is 2. The predicted octanol–water partition coefficient (Wildman–Crippen LogP) is 3.23. The second-order valence-electron chi connectivity index (χ2n) is 10.1. The average molecular weight is 512 g/mol. The van der Waals surface area contributed by atoms with Crippen LogP contribution >= 0.6 is 0 Å². The molecule has 9 heteroatoms. The Kier molecular flexibility index (Phi) is 6.07. The summed E-state index contributed by atoms with van der Waals surface area (Å²) in [5, 5.41) is 12.9. The second kappa shape index (κ2) is 9.57. The number of amides is 3. The van der Waals surface area contributed by atoms with E-state index in [9.17, 15) is 14.4 Å². The summed E-state index contributed by atoms with van der Waals surface area (Å²) in [6.07, 6.45) is 4.85. The van der Waals surface area contributed by atoms with Crippen LogP contribution in [0.2, 0.25) is 0 Å². The van der Waals surface area contributed by atoms with E-state index in [-0.39, 0.29) is 11.6 Å². The molecule has 194 valence electrons. The quantitative estimate of drug-likeness (QED) is 0.466. The van der Waals surface area contributed by atoms with Crippen molar-refractivity contribution in [2.24, 2.45) is 7.05 Å². The van der Waals surface area contributed by atoms with E-state index < -0.39 is 17.2 Å². The zero-order chi connectivity index (χ0) is 26.3. The Morgan fingerprint density at radius 3 is 2.61 bits per heavy atom. The first-order chi connectivity index (χ1) is 18.4. The van der Waals surface area contributed by atoms with E-state index in [2.05, 4.69) is 33.2 Å². The molecule has 1 fully saturated rings. The van der Waals surface area contributed by atoms with Crippen molar-refractivity contribution in [3.63, 3.8) is 0 Å². The highest BCUT2D eigenvalue weighted by atomic mass is 16.5. The lowest BCUT2D eigenvalue weighted by molar-refractivity contribution is -0.124. The molecule has 2 aromatic carbocycles. The fourth-order valence-corrected chi connectivity index (χ4v) is 5.79. The summed E-state index contributed by atoms with van der Waals surface area (Å²) in [7, 11) is 1.68. The molecule has 1 spiro atoms. The standard InChI is InChI=1S/C29H29N5O4/c1-34-24(10-13-30-34)26(35)33-25(20-7-6-18-4-2-3-5-19(18)16-20)27(36)31-21-8-9-22-23(17-21)32-28(37)29(22)11-14-38-15-12-29/h2-5,8-10,13,17H,6-7,11-12,14-16H2,1H3,(H,31,36)(H,32,37)(H,33,35). The van der Waals surface area contributed by atoms with E-state index in [1.165, 1.54) is 10.2 Å². The number of nitrogens with zero attached hydrogens (tertiary/aromatic N) is 2. The van der Waals surface area contributed by atoms with Crippen LogP contribution in [-0.2, 0) is 39.6 Å². The molecule has 0 saturated carbocycles. The van der Waals surface area contributed by atoms with Gasteiger partial charge in [0.05, 0.1) is 5.41 Å². The van der Waals surface area contributed by atoms with Crippen LogP contribution in [0.3, 0.4) is 0 Å². The molecular weight excluding hydrogens is 482 g/mol. The summed E-state index contributed by atoms with van der Waals surface area (Å²) in [5.74, 6) is -0.824. The fourth-order valence-electron chi connectivity index (χ4n) is 5.79. The Labute approximate surface area is 220 Å². The minimum absolute atomic E-state index is 0.0219. The Morgan fingerprint density at radius 1 is 1.05 bits per heavy atom. The van der Waals surface area contributed by atoms with Crippen LogP contribution in [0, 0.1) is 0 Å². The molecule has 0 unspecified atom stereocenters. The van der Waals surface area contributed by atoms with Crippen LogP contribution in [0.1, 0.15) is 46.4 Å². The Hall–Kier alpha value is -4.24. The van der Waals surface area contributed by atoms with Gasteiger partial charge in [-0.3, -0.25) is 19.1 Å². The van der Waals surface area contributed by atoms with Gasteiger partial charge >= 0.3 is 0 Å². The molecule has 3 heterocycles. The molecule has 3 aliphatic rings. The maximum Gasteiger partial charge on any atom is 0.274 e. The molecule has 1 aromatic heterocycles. The van der Waals surface area contributed by atoms with Crippen molar-refractivity contribution in [2.45, 2.75) is 37.5 Å². The van der Waals surface area contributed by atoms with Gasteiger partial charge < -0.3 is 20.7 Å². The number of nitrogens with one attached hydrogen (secondary N) is 3. The molecule has 38 heavy (non-hydrogen) atoms. The number of benzene rings is 2. The summed E-state index contributed by atoms with van der Waals surface area (Å²) in [6, 6.07) is 15.3. The minimum Gasteiger partial charge on any atom is -0.381 e. The van der Waals surface area contributed by atoms with Gasteiger partial charge in [0, 0.05) is 37.8 Å². The number of allylic oxidation sites excluding steroid dienone is 1. The third kappa shape index (κ3) is 4.18. The minimum atomic E-state index is -0.574. The number of carbonyl (C=O) groups is 3. The first-order valence-corrected chi connectivity index (χ1v) is 12.9. The predicted molar refractivity (Wildman–Crippen MR) is 142 cm³/mol. The second-order valence-corrected chi connectivity index (χ2v) is 10.1. The Morgan fingerprint density at radius 2 is 1.84 bits per heavy atom. The third-order valence-corrected chi connectivity index (χ3v) is 7.91. The van der Waals surface area contributed by atoms with E-state index in [1.807, 2.05) is 24.3 Å². The number of aryl methyl sites for hydroxylation is 2. The number of carbonyl (C=O) groups excluding carboxylic acids is 3. The van der Waals surface area contributed by atoms with Crippen molar-refractivity contribution in [3.05, 3.63) is 88.4 Å². The van der Waals surface area contributed by atoms with Gasteiger partial charge in [0.25, 0.3) is 11.8 Å². The highest BCUT2D eigenvalue weighted by molar-refractivity contribution is 6.10. The van der Waals surface area contributed by atoms with Crippen molar-refractivity contribution in [1.82, 2.24) is 15.1 Å². The molecule has 0 bridgehead atoms. The largest absolute Gasteiger partial charge is 0.381 e. The highest BCUT2D eigenvalue weighted by Crippen LogP contribution is 2.45. The van der Waals surface area contributed by atoms with Crippen molar-refractivity contribution in [1.29, 1.82) is 0 Å². The monoisotopic (exact) mass is 511 g/mol. The average Bonchev–Trinajstić information content (AvgIpc) is 3.47. The number of rotatable bonds is 4. The lowest BCUT2D eigenvalue weighted by atomic mass is 9.75. The van der Waals surface area contributed by atoms with Crippen LogP contribution in [-0.4, -0.2) is 40.7 Å². The lowest BCUT2D eigenvalue weighted by Crippen LogP contribution is -2.39. The molecular formula is C29H29N5O4. The van der Waals surface area contributed by atoms with Crippen molar-refractivity contribution >= 4 is 29.1 Å². The third-order valence-electron chi connectivity index (χ3n) is 7.91. The smallest absolute Gasteiger partial charge is 0.274 e. The number of hydrogen-bond donors (Lipinski definition) is 3. The zero-order valence-corrected chi connectivity index (χ0v) is 21.2. The van der Waals surface area contributed by atoms with Crippen LogP contribution in [0.4, 0.5) is 11.4 Å². The summed E-state index contributed by atoms with van der Waals surface area (Å²) in [4.78, 5) is 39.7. The van der Waals surface area contributed by atoms with Gasteiger partial charge in [0.2, 0.25) is 5.91 Å². The lowest BCUT2D eigenvalue weighted by Gasteiger charge is -2.31. The van der Waals surface area contributed by atoms with Gasteiger partial charge in [-0.25, -0.2) is 0 Å². The summed E-state index contributed by atoms with van der Waals surface area (Å²) < 4.78 is 6.96. The summed E-state index contributed by atoms with van der Waals surface area (Å²) in [5.41, 5.74) is 5.49. The maximum atomic E-state index is 13.7. The number of ether oxygens (including phenoxy) is 1. The molecule has 3 N–H and O–H groups in total. The molecule has 1 saturated heterocycles. The van der Waals surface area contributed by atoms with Crippen molar-refractivity contribution in [2.75, 3.05) is 23.8 Å². The number of fused-ring (bicyclic) bond motifs is 3. The summed E-state index contributed by atoms with van der Waals surface area (Å²) in [6.45, 7) is 1.09. The first-order valence-electron chi connectivity index (χ1n) is 12.9. The van der Waals surface area contributed by atoms with Crippen LogP contribution in [0.25, 0.3) is 0 Å². The van der Waals surface area contributed by atoms with Crippen LogP contribution < -0.4 is 16.0 Å². The molecule has 6 rings (SSSR count). The molecule has 3 amide bonds. The van der Waals surface area contributed by atoms with Gasteiger partial charge in [-0.15, -0.1) is 0 Å². The fraction of sp³-hybridized carbons (Fsp3) is 0.310. The van der Waals surface area contributed by atoms with Crippen LogP contribution in [0.15, 0.2) is 66.0 Å². The van der Waals surface area contributed by atoms with E-state index in [0.717, 1.165) is 23.1 Å². The van der Waals surface area contributed by atoms with E-state index in [4.69, 9.17) is 4.74 Å². The maximum absolute atomic E-state index is 13.7. The van der Waals surface area contributed by atoms with Gasteiger partial charge in [-0.1, -0.05) is 30.3 Å². The van der Waals surface area contributed by atoms with E-state index >= 15 is 0 Å². The van der Waals surface area contributed by atoms with Crippen LogP contribution in [0.5, 0.6) is 0 Å². The molecule has 1 aliphatic carbocycles. The van der Waals surface area contributed by atoms with Gasteiger partial charge in [-0.2, -0.15) is 5.10 Å². The van der Waals surface area contributed by atoms with E-state index in [0.29, 0.717) is 56.0 Å². The molecule has 2 aliphatic heterocycles. The molecule has 9 nitrogen and oxygen atoms in total. The molecule has 0 atom stereocenters. The van der Waals surface area contributed by atoms with Crippen molar-refractivity contribution in [3.8, 4) is 0 Å². The normalized spacial score (nSPS) is 18.8. The van der Waals surface area contributed by atoms with Gasteiger partial charge in [0.1, 0.15) is 11.4 Å². The molecule has 0 radical (unpaired) electrons. The number of aromatic nitrogens is 2. The zero-order valence-electron chi connectivity index (χ0n) is 21.2. The SMILES string of the molecule is Cn1nccc1C(=O)NC(C(=O)Nc1ccc2c(c1)NC(=O)C21CCOCC1)=C1CCc2ccccc2C1. The number of hydrogen-bond acceptors (Lipinski definition) is 5. The highest BCUT2D eigenvalue weighted by Gasteiger charge is 2.47. The topological polar surface area (TPSA) is 114 Å². The summed E-state index contributed by atoms with van der Waals surface area (Å²) >= 11 is 0. The first kappa shape index (κ1) is 24.1. The van der Waals surface area contributed by atoms with E-state index in [1.54, 1.807) is 25.4 Å². The Bertz CT molecular complexity index is 1480. The van der Waals surface area contributed by atoms with Gasteiger partial charge in [-0.05, 0) is 72.6 Å². The van der Waals surface area contributed by atoms with Crippen molar-refractivity contribution < 1.29 is 19.1 Å². The molecule has 3 aromatic rings. The van der Waals surface area contributed by atoms with Gasteiger partial charge in [0.15, 0.2) is 0 Å².